The summed E-state index contributed by atoms with van der Waals surface area (Å²) in [5.74, 6) is 0.00586. The minimum atomic E-state index is 0.00586. The van der Waals surface area contributed by atoms with Crippen LogP contribution in [0.2, 0.25) is 0 Å². The topological polar surface area (TPSA) is 83.3 Å². The van der Waals surface area contributed by atoms with Crippen molar-refractivity contribution in [1.29, 1.82) is 0 Å². The van der Waals surface area contributed by atoms with Crippen molar-refractivity contribution in [3.05, 3.63) is 48.3 Å². The van der Waals surface area contributed by atoms with E-state index in [0.717, 1.165) is 54.0 Å². The molecule has 0 unspecified atom stereocenters. The number of aromatic nitrogens is 1. The van der Waals surface area contributed by atoms with Gasteiger partial charge in [-0.3, -0.25) is 9.78 Å². The summed E-state index contributed by atoms with van der Waals surface area (Å²) in [4.78, 5) is 18.8. The number of halogens is 1. The first-order valence-corrected chi connectivity index (χ1v) is 10.9. The lowest BCUT2D eigenvalue weighted by atomic mass is 9.91. The Hall–Kier alpha value is -2.23. The van der Waals surface area contributed by atoms with Gasteiger partial charge < -0.3 is 21.3 Å². The molecule has 1 saturated heterocycles. The molecule has 0 saturated carbocycles. The van der Waals surface area contributed by atoms with Gasteiger partial charge in [-0.15, -0.1) is 0 Å². The first kappa shape index (κ1) is 21.5. The smallest absolute Gasteiger partial charge is 0.237 e. The van der Waals surface area contributed by atoms with Crippen LogP contribution in [0.3, 0.4) is 0 Å². The molecule has 1 radical (unpaired) electrons. The van der Waals surface area contributed by atoms with Gasteiger partial charge in [-0.1, -0.05) is 18.1 Å². The van der Waals surface area contributed by atoms with E-state index in [9.17, 15) is 4.79 Å². The summed E-state index contributed by atoms with van der Waals surface area (Å²) in [6.45, 7) is 7.61. The van der Waals surface area contributed by atoms with Crippen LogP contribution >= 0.6 is 22.4 Å². The summed E-state index contributed by atoms with van der Waals surface area (Å²) in [7, 11) is 1.88. The number of rotatable bonds is 7. The summed E-state index contributed by atoms with van der Waals surface area (Å²) in [6, 6.07) is 6.02. The van der Waals surface area contributed by atoms with E-state index < -0.39 is 0 Å². The van der Waals surface area contributed by atoms with Crippen LogP contribution in [0.25, 0.3) is 5.70 Å². The second-order valence-electron chi connectivity index (χ2n) is 7.29. The van der Waals surface area contributed by atoms with Gasteiger partial charge in [0.25, 0.3) is 0 Å². The molecule has 1 aromatic carbocycles. The molecule has 0 aliphatic carbocycles. The number of nitrogens with zero attached hydrogens (tertiary/aromatic N) is 2. The van der Waals surface area contributed by atoms with Crippen LogP contribution in [-0.2, 0) is 0 Å². The highest BCUT2D eigenvalue weighted by Gasteiger charge is 2.24. The number of likely N-dealkylation sites (tertiary alicyclic amines) is 1. The Kier molecular flexibility index (Phi) is 7.05. The molecule has 0 bridgehead atoms. The molecular weight excluding hydrogens is 476 g/mol. The molecule has 0 amide bonds. The number of ketones is 1. The van der Waals surface area contributed by atoms with Crippen molar-refractivity contribution < 1.29 is 4.79 Å². The minimum Gasteiger partial charge on any atom is -0.397 e. The molecule has 1 aliphatic rings. The van der Waals surface area contributed by atoms with Crippen LogP contribution in [0, 0.1) is 0 Å². The van der Waals surface area contributed by atoms with Crippen molar-refractivity contribution in [2.45, 2.75) is 25.8 Å². The minimum absolute atomic E-state index is 0.00586. The van der Waals surface area contributed by atoms with Gasteiger partial charge >= 0.3 is 0 Å². The van der Waals surface area contributed by atoms with Crippen molar-refractivity contribution in [2.24, 2.45) is 0 Å². The average molecular weight is 502 g/mol. The van der Waals surface area contributed by atoms with Gasteiger partial charge in [-0.05, 0) is 31.9 Å². The number of piperidine rings is 1. The summed E-state index contributed by atoms with van der Waals surface area (Å²) in [5, 5.41) is 8.57. The molecule has 0 spiro atoms. The fourth-order valence-electron chi connectivity index (χ4n) is 3.65. The van der Waals surface area contributed by atoms with E-state index in [1.54, 1.807) is 13.1 Å². The molecule has 1 atom stereocenters. The van der Waals surface area contributed by atoms with Gasteiger partial charge in [0.05, 0.1) is 17.1 Å². The van der Waals surface area contributed by atoms with Crippen molar-refractivity contribution >= 4 is 61.5 Å². The van der Waals surface area contributed by atoms with Gasteiger partial charge in [0.15, 0.2) is 5.78 Å². The lowest BCUT2D eigenvalue weighted by Crippen LogP contribution is -2.41. The number of Topliss-reactive ketones (excluding diaryl/α,β-unsaturated/α-hetero) is 1. The van der Waals surface area contributed by atoms with Crippen LogP contribution < -0.4 is 21.8 Å². The zero-order valence-electron chi connectivity index (χ0n) is 16.8. The quantitative estimate of drug-likeness (QED) is 0.234. The van der Waals surface area contributed by atoms with E-state index in [0.29, 0.717) is 11.3 Å². The number of carbonyl (C=O) groups is 1. The van der Waals surface area contributed by atoms with Gasteiger partial charge in [-0.25, -0.2) is 0 Å². The Morgan fingerprint density at radius 3 is 2.86 bits per heavy atom. The molecule has 3 rings (SSSR count). The Labute approximate surface area is 186 Å². The standard InChI is InChI=1S/C21H26BIN5O/c1-13(15-7-18(25-3)11-26-10-15)28-6-4-5-17(12-28)27-21-19(14(2)29)8-16(22-23)9-20(21)24/h7-11,17,25,27H,1,4-6,12,24H2,2-3H3/t17-/m1/s1. The van der Waals surface area contributed by atoms with Crippen LogP contribution in [0.4, 0.5) is 17.1 Å². The average Bonchev–Trinajstić information content (AvgIpc) is 2.74. The predicted octanol–water partition coefficient (Wildman–Crippen LogP) is 3.13. The first-order valence-electron chi connectivity index (χ1n) is 9.64. The van der Waals surface area contributed by atoms with Crippen molar-refractivity contribution in [3.8, 4) is 0 Å². The highest BCUT2D eigenvalue weighted by Crippen LogP contribution is 2.28. The van der Waals surface area contributed by atoms with E-state index in [4.69, 9.17) is 5.73 Å². The molecular formula is C21H26BIN5O. The van der Waals surface area contributed by atoms with Crippen LogP contribution in [0.5, 0.6) is 0 Å². The van der Waals surface area contributed by atoms with Crippen LogP contribution in [0.15, 0.2) is 37.2 Å². The van der Waals surface area contributed by atoms with Crippen molar-refractivity contribution in [3.63, 3.8) is 0 Å². The summed E-state index contributed by atoms with van der Waals surface area (Å²) in [5.41, 5.74) is 12.1. The molecule has 8 heteroatoms. The van der Waals surface area contributed by atoms with Crippen LogP contribution in [0.1, 0.15) is 35.7 Å². The van der Waals surface area contributed by atoms with Crippen molar-refractivity contribution in [2.75, 3.05) is 36.5 Å². The zero-order valence-corrected chi connectivity index (χ0v) is 19.0. The maximum absolute atomic E-state index is 12.2. The fraction of sp³-hybridized carbons (Fsp3) is 0.333. The largest absolute Gasteiger partial charge is 0.397 e. The number of benzene rings is 1. The Morgan fingerprint density at radius 2 is 2.17 bits per heavy atom. The number of nitrogen functional groups attached to an aromatic ring is 1. The maximum Gasteiger partial charge on any atom is 0.237 e. The third-order valence-electron chi connectivity index (χ3n) is 5.21. The molecule has 4 N–H and O–H groups in total. The number of hydrogen-bond acceptors (Lipinski definition) is 6. The number of pyridine rings is 1. The molecule has 1 aliphatic heterocycles. The normalized spacial score (nSPS) is 16.2. The van der Waals surface area contributed by atoms with Crippen LogP contribution in [-0.4, -0.2) is 47.0 Å². The summed E-state index contributed by atoms with van der Waals surface area (Å²) < 4.78 is 0. The summed E-state index contributed by atoms with van der Waals surface area (Å²) >= 11 is 2.16. The SMILES string of the molecule is C=C(c1cncc(NC)c1)N1CCC[C@@H](Nc2c(N)cc([B]I)cc2C(C)=O)C1. The van der Waals surface area contributed by atoms with Gasteiger partial charge in [0.2, 0.25) is 5.14 Å². The zero-order chi connectivity index (χ0) is 21.0. The second kappa shape index (κ2) is 9.52. The van der Waals surface area contributed by atoms with Gasteiger partial charge in [0, 0.05) is 55.4 Å². The number of anilines is 3. The molecule has 6 nitrogen and oxygen atoms in total. The molecule has 1 aromatic heterocycles. The molecule has 1 fully saturated rings. The maximum atomic E-state index is 12.2. The Bertz CT molecular complexity index is 920. The molecule has 2 aromatic rings. The number of carbonyl (C=O) groups excluding carboxylic acids is 1. The lowest BCUT2D eigenvalue weighted by Gasteiger charge is -2.37. The number of hydrogen-bond donors (Lipinski definition) is 3. The van der Waals surface area contributed by atoms with E-state index >= 15 is 0 Å². The third-order valence-corrected chi connectivity index (χ3v) is 5.93. The lowest BCUT2D eigenvalue weighted by molar-refractivity contribution is 0.101. The van der Waals surface area contributed by atoms with Crippen molar-refractivity contribution in [1.82, 2.24) is 9.88 Å². The second-order valence-corrected chi connectivity index (χ2v) is 7.91. The van der Waals surface area contributed by atoms with Gasteiger partial charge in [-0.2, -0.15) is 22.4 Å². The molecule has 2 heterocycles. The van der Waals surface area contributed by atoms with Gasteiger partial charge in [0.1, 0.15) is 0 Å². The number of nitrogens with one attached hydrogen (secondary N) is 2. The van der Waals surface area contributed by atoms with E-state index in [1.165, 1.54) is 0 Å². The molecule has 151 valence electrons. The Morgan fingerprint density at radius 1 is 1.38 bits per heavy atom. The fourth-order valence-corrected chi connectivity index (χ4v) is 4.01. The highest BCUT2D eigenvalue weighted by atomic mass is 127. The van der Waals surface area contributed by atoms with E-state index in [-0.39, 0.29) is 11.8 Å². The third kappa shape index (κ3) is 5.04. The monoisotopic (exact) mass is 502 g/mol. The summed E-state index contributed by atoms with van der Waals surface area (Å²) in [6.07, 6.45) is 5.67. The Balaban J connectivity index is 1.78. The highest BCUT2D eigenvalue weighted by molar-refractivity contribution is 14.1. The van der Waals surface area contributed by atoms with E-state index in [1.807, 2.05) is 30.5 Å². The predicted molar refractivity (Wildman–Crippen MR) is 131 cm³/mol. The van der Waals surface area contributed by atoms with E-state index in [2.05, 4.69) is 55.5 Å². The molecule has 29 heavy (non-hydrogen) atoms. The number of nitrogens with two attached hydrogens (primary N) is 1. The first-order chi connectivity index (χ1) is 13.9.